The van der Waals surface area contributed by atoms with Crippen molar-refractivity contribution >= 4 is 22.6 Å². The summed E-state index contributed by atoms with van der Waals surface area (Å²) in [7, 11) is 0. The van der Waals surface area contributed by atoms with Gasteiger partial charge in [0.2, 0.25) is 5.91 Å². The van der Waals surface area contributed by atoms with Crippen molar-refractivity contribution in [1.82, 2.24) is 14.5 Å². The summed E-state index contributed by atoms with van der Waals surface area (Å²) in [6.45, 7) is 4.38. The zero-order chi connectivity index (χ0) is 22.8. The number of amides is 1. The fourth-order valence-electron chi connectivity index (χ4n) is 4.49. The quantitative estimate of drug-likeness (QED) is 0.455. The third-order valence-electron chi connectivity index (χ3n) is 6.36. The molecule has 6 heteroatoms. The third-order valence-corrected chi connectivity index (χ3v) is 6.36. The Morgan fingerprint density at radius 1 is 1.00 bits per heavy atom. The molecule has 0 unspecified atom stereocenters. The number of carbonyl (C=O) groups excluding carboxylic acids is 1. The van der Waals surface area contributed by atoms with Crippen LogP contribution >= 0.6 is 0 Å². The smallest absolute Gasteiger partial charge is 0.227 e. The number of hydrogen-bond acceptors (Lipinski definition) is 3. The minimum atomic E-state index is -0.254. The summed E-state index contributed by atoms with van der Waals surface area (Å²) < 4.78 is 15.6. The van der Waals surface area contributed by atoms with E-state index in [0.717, 1.165) is 54.2 Å². The molecule has 33 heavy (non-hydrogen) atoms. The maximum Gasteiger partial charge on any atom is 0.227 e. The molecule has 1 saturated heterocycles. The van der Waals surface area contributed by atoms with Crippen LogP contribution in [0.4, 0.5) is 10.1 Å². The second kappa shape index (κ2) is 9.16. The van der Waals surface area contributed by atoms with Crippen LogP contribution in [0.15, 0.2) is 72.8 Å². The van der Waals surface area contributed by atoms with Gasteiger partial charge < -0.3 is 5.32 Å². The second-order valence-corrected chi connectivity index (χ2v) is 8.73. The number of hydrogen-bond donors (Lipinski definition) is 1. The van der Waals surface area contributed by atoms with E-state index in [-0.39, 0.29) is 17.6 Å². The Morgan fingerprint density at radius 2 is 1.70 bits per heavy atom. The maximum atomic E-state index is 13.5. The Bertz CT molecular complexity index is 1260. The fourth-order valence-corrected chi connectivity index (χ4v) is 4.49. The van der Waals surface area contributed by atoms with E-state index in [1.54, 1.807) is 12.1 Å². The Morgan fingerprint density at radius 3 is 2.42 bits per heavy atom. The van der Waals surface area contributed by atoms with E-state index in [0.29, 0.717) is 6.54 Å². The predicted octanol–water partition coefficient (Wildman–Crippen LogP) is 5.32. The highest BCUT2D eigenvalue weighted by atomic mass is 19.1. The van der Waals surface area contributed by atoms with E-state index < -0.39 is 0 Å². The molecule has 0 atom stereocenters. The number of aryl methyl sites for hydroxylation is 1. The van der Waals surface area contributed by atoms with Crippen LogP contribution in [0.3, 0.4) is 0 Å². The average molecular weight is 443 g/mol. The van der Waals surface area contributed by atoms with Gasteiger partial charge in [0, 0.05) is 17.3 Å². The lowest BCUT2D eigenvalue weighted by atomic mass is 9.95. The molecule has 1 N–H and O–H groups in total. The molecule has 5 nitrogen and oxygen atoms in total. The minimum absolute atomic E-state index is 0.0125. The van der Waals surface area contributed by atoms with Gasteiger partial charge in [-0.25, -0.2) is 9.37 Å². The number of piperidine rings is 1. The van der Waals surface area contributed by atoms with Crippen LogP contribution in [0, 0.1) is 18.7 Å². The second-order valence-electron chi connectivity index (χ2n) is 8.73. The van der Waals surface area contributed by atoms with Crippen molar-refractivity contribution in [2.75, 3.05) is 18.4 Å². The van der Waals surface area contributed by atoms with Crippen LogP contribution in [-0.2, 0) is 11.3 Å². The van der Waals surface area contributed by atoms with Crippen molar-refractivity contribution < 1.29 is 9.18 Å². The van der Waals surface area contributed by atoms with Crippen molar-refractivity contribution in [3.8, 4) is 5.69 Å². The van der Waals surface area contributed by atoms with Gasteiger partial charge in [0.15, 0.2) is 0 Å². The number of carbonyl (C=O) groups is 1. The van der Waals surface area contributed by atoms with Crippen molar-refractivity contribution in [3.05, 3.63) is 90.0 Å². The highest BCUT2D eigenvalue weighted by Crippen LogP contribution is 2.25. The van der Waals surface area contributed by atoms with Crippen molar-refractivity contribution in [3.63, 3.8) is 0 Å². The van der Waals surface area contributed by atoms with Gasteiger partial charge in [0.05, 0.1) is 17.6 Å². The van der Waals surface area contributed by atoms with Gasteiger partial charge in [-0.3, -0.25) is 14.3 Å². The number of likely N-dealkylation sites (tertiary alicyclic amines) is 1. The number of rotatable bonds is 5. The number of para-hydroxylation sites is 2. The summed E-state index contributed by atoms with van der Waals surface area (Å²) in [4.78, 5) is 19.9. The van der Waals surface area contributed by atoms with Crippen molar-refractivity contribution in [2.24, 2.45) is 5.92 Å². The fraction of sp³-hybridized carbons (Fsp3) is 0.259. The first-order valence-corrected chi connectivity index (χ1v) is 11.4. The number of aromatic nitrogens is 2. The number of nitrogens with zero attached hydrogens (tertiary/aromatic N) is 3. The Balaban J connectivity index is 1.28. The predicted molar refractivity (Wildman–Crippen MR) is 129 cm³/mol. The number of benzene rings is 3. The standard InChI is InChI=1S/C27H27FN4O/c1-19-6-10-22(11-7-19)29-27(33)20-14-16-31(17-15-20)18-26-30-24-4-2-3-5-25(24)32(26)23-12-8-21(28)9-13-23/h2-13,20H,14-18H2,1H3,(H,29,33). The number of imidazole rings is 1. The van der Waals surface area contributed by atoms with Crippen LogP contribution in [0.25, 0.3) is 16.7 Å². The summed E-state index contributed by atoms with van der Waals surface area (Å²) in [6.07, 6.45) is 1.63. The number of fused-ring (bicyclic) bond motifs is 1. The van der Waals surface area contributed by atoms with Gasteiger partial charge in [-0.05, 0) is 81.4 Å². The normalized spacial score (nSPS) is 15.1. The monoisotopic (exact) mass is 442 g/mol. The van der Waals surface area contributed by atoms with Gasteiger partial charge in [-0.15, -0.1) is 0 Å². The van der Waals surface area contributed by atoms with Gasteiger partial charge in [-0.2, -0.15) is 0 Å². The molecule has 0 spiro atoms. The molecule has 0 radical (unpaired) electrons. The Labute approximate surface area is 192 Å². The lowest BCUT2D eigenvalue weighted by Crippen LogP contribution is -2.38. The molecule has 1 amide bonds. The van der Waals surface area contributed by atoms with Crippen LogP contribution in [0.2, 0.25) is 0 Å². The lowest BCUT2D eigenvalue weighted by Gasteiger charge is -2.31. The van der Waals surface area contributed by atoms with Crippen molar-refractivity contribution in [2.45, 2.75) is 26.3 Å². The third kappa shape index (κ3) is 4.66. The summed E-state index contributed by atoms with van der Waals surface area (Å²) in [5.74, 6) is 0.775. The van der Waals surface area contributed by atoms with Gasteiger partial charge in [0.25, 0.3) is 0 Å². The van der Waals surface area contributed by atoms with Crippen LogP contribution in [0.5, 0.6) is 0 Å². The van der Waals surface area contributed by atoms with E-state index in [2.05, 4.69) is 14.8 Å². The zero-order valence-electron chi connectivity index (χ0n) is 18.7. The van der Waals surface area contributed by atoms with E-state index >= 15 is 0 Å². The highest BCUT2D eigenvalue weighted by Gasteiger charge is 2.26. The molecule has 0 saturated carbocycles. The number of anilines is 1. The SMILES string of the molecule is Cc1ccc(NC(=O)C2CCN(Cc3nc4ccccc4n3-c3ccc(F)cc3)CC2)cc1. The first-order valence-electron chi connectivity index (χ1n) is 11.4. The van der Waals surface area contributed by atoms with Gasteiger partial charge in [0.1, 0.15) is 11.6 Å². The Kier molecular flexibility index (Phi) is 5.92. The molecule has 1 fully saturated rings. The summed E-state index contributed by atoms with van der Waals surface area (Å²) in [6, 6.07) is 22.4. The van der Waals surface area contributed by atoms with E-state index in [1.165, 1.54) is 17.7 Å². The topological polar surface area (TPSA) is 50.2 Å². The first kappa shape index (κ1) is 21.3. The summed E-state index contributed by atoms with van der Waals surface area (Å²) in [5, 5.41) is 3.05. The highest BCUT2D eigenvalue weighted by molar-refractivity contribution is 5.92. The zero-order valence-corrected chi connectivity index (χ0v) is 18.7. The van der Waals surface area contributed by atoms with Crippen LogP contribution < -0.4 is 5.32 Å². The molecule has 4 aromatic rings. The van der Waals surface area contributed by atoms with Gasteiger partial charge >= 0.3 is 0 Å². The maximum absolute atomic E-state index is 13.5. The van der Waals surface area contributed by atoms with Gasteiger partial charge in [-0.1, -0.05) is 29.8 Å². The lowest BCUT2D eigenvalue weighted by molar-refractivity contribution is -0.121. The summed E-state index contributed by atoms with van der Waals surface area (Å²) >= 11 is 0. The molecular formula is C27H27FN4O. The Hall–Kier alpha value is -3.51. The van der Waals surface area contributed by atoms with E-state index in [4.69, 9.17) is 4.98 Å². The largest absolute Gasteiger partial charge is 0.326 e. The van der Waals surface area contributed by atoms with Crippen molar-refractivity contribution in [1.29, 1.82) is 0 Å². The molecule has 168 valence electrons. The molecular weight excluding hydrogens is 415 g/mol. The molecule has 0 aliphatic carbocycles. The first-order chi connectivity index (χ1) is 16.1. The number of halogens is 1. The molecule has 3 aromatic carbocycles. The average Bonchev–Trinajstić information content (AvgIpc) is 3.19. The molecule has 1 aliphatic heterocycles. The van der Waals surface area contributed by atoms with E-state index in [1.807, 2.05) is 55.5 Å². The van der Waals surface area contributed by atoms with Crippen LogP contribution in [0.1, 0.15) is 24.2 Å². The molecule has 0 bridgehead atoms. The minimum Gasteiger partial charge on any atom is -0.326 e. The molecule has 2 heterocycles. The molecule has 1 aliphatic rings. The van der Waals surface area contributed by atoms with E-state index in [9.17, 15) is 9.18 Å². The molecule has 1 aromatic heterocycles. The number of nitrogens with one attached hydrogen (secondary N) is 1. The molecule has 5 rings (SSSR count). The van der Waals surface area contributed by atoms with Crippen LogP contribution in [-0.4, -0.2) is 33.4 Å². The summed E-state index contributed by atoms with van der Waals surface area (Å²) in [5.41, 5.74) is 4.84.